The molecule has 1 amide bonds. The third-order valence-corrected chi connectivity index (χ3v) is 8.08. The number of allylic oxidation sites excluding steroid dienone is 1. The number of ether oxygens (including phenoxy) is 2. The van der Waals surface area contributed by atoms with E-state index in [4.69, 9.17) is 31.2 Å². The molecular weight excluding hydrogens is 570 g/mol. The average Bonchev–Trinajstić information content (AvgIpc) is 3.39. The van der Waals surface area contributed by atoms with Crippen molar-refractivity contribution >= 4 is 40.9 Å². The average molecular weight is 604 g/mol. The molecule has 42 heavy (non-hydrogen) atoms. The van der Waals surface area contributed by atoms with Gasteiger partial charge in [-0.1, -0.05) is 79.2 Å². The molecule has 8 nitrogen and oxygen atoms in total. The van der Waals surface area contributed by atoms with Gasteiger partial charge in [-0.25, -0.2) is 4.68 Å². The van der Waals surface area contributed by atoms with E-state index in [1.54, 1.807) is 16.4 Å². The molecule has 0 saturated carbocycles. The summed E-state index contributed by atoms with van der Waals surface area (Å²) in [6.45, 7) is 6.80. The normalized spacial score (nSPS) is 14.2. The number of nitrogens with one attached hydrogen (secondary N) is 2. The molecule has 218 valence electrons. The van der Waals surface area contributed by atoms with Gasteiger partial charge in [-0.3, -0.25) is 4.79 Å². The van der Waals surface area contributed by atoms with E-state index in [1.807, 2.05) is 86.6 Å². The highest BCUT2D eigenvalue weighted by atomic mass is 35.5. The molecule has 2 N–H and O–H groups in total. The molecule has 1 aromatic heterocycles. The molecule has 5 rings (SSSR count). The van der Waals surface area contributed by atoms with Gasteiger partial charge in [-0.15, -0.1) is 5.10 Å². The summed E-state index contributed by atoms with van der Waals surface area (Å²) < 4.78 is 13.6. The number of hydrogen-bond acceptors (Lipinski definition) is 7. The van der Waals surface area contributed by atoms with Gasteiger partial charge < -0.3 is 20.1 Å². The predicted molar refractivity (Wildman–Crippen MR) is 169 cm³/mol. The number of rotatable bonds is 12. The molecule has 1 aliphatic rings. The fourth-order valence-corrected chi connectivity index (χ4v) is 5.77. The standard InChI is InChI=1S/C32H34ClN5O3S/c1-4-6-19-42-32-36-31-34-21(3)28(30(39)35-26-13-9-10-14-27(26)40-5-2)29(38(31)37-32)22-15-17-24(18-16-22)41-20-23-11-7-8-12-25(23)33/h7-18,29H,4-6,19-20H2,1-3H3,(H,35,39)(H,34,36,37). The molecule has 0 bridgehead atoms. The third kappa shape index (κ3) is 6.74. The summed E-state index contributed by atoms with van der Waals surface area (Å²) in [5, 5.41) is 12.5. The second-order valence-corrected chi connectivity index (χ2v) is 11.2. The molecule has 0 spiro atoms. The maximum Gasteiger partial charge on any atom is 0.255 e. The zero-order valence-corrected chi connectivity index (χ0v) is 25.5. The molecule has 1 unspecified atom stereocenters. The first kappa shape index (κ1) is 29.5. The van der Waals surface area contributed by atoms with E-state index < -0.39 is 6.04 Å². The van der Waals surface area contributed by atoms with Crippen LogP contribution in [0.15, 0.2) is 89.2 Å². The number of unbranched alkanes of at least 4 members (excludes halogenated alkanes) is 1. The number of fused-ring (bicyclic) bond motifs is 1. The molecule has 1 aliphatic heterocycles. The fourth-order valence-electron chi connectivity index (χ4n) is 4.67. The Balaban J connectivity index is 1.45. The van der Waals surface area contributed by atoms with Gasteiger partial charge in [0.25, 0.3) is 5.91 Å². The summed E-state index contributed by atoms with van der Waals surface area (Å²) in [6, 6.07) is 22.2. The number of amides is 1. The van der Waals surface area contributed by atoms with Crippen molar-refractivity contribution in [2.75, 3.05) is 23.0 Å². The maximum atomic E-state index is 13.9. The number of carbonyl (C=O) groups excluding carboxylic acids is 1. The number of aromatic nitrogens is 3. The van der Waals surface area contributed by atoms with Crippen molar-refractivity contribution in [3.8, 4) is 11.5 Å². The molecule has 10 heteroatoms. The van der Waals surface area contributed by atoms with Gasteiger partial charge in [-0.05, 0) is 56.2 Å². The Morgan fingerprint density at radius 1 is 1.05 bits per heavy atom. The van der Waals surface area contributed by atoms with E-state index in [-0.39, 0.29) is 5.91 Å². The molecule has 4 aromatic rings. The van der Waals surface area contributed by atoms with Crippen molar-refractivity contribution in [2.24, 2.45) is 0 Å². The van der Waals surface area contributed by atoms with Crippen molar-refractivity contribution in [2.45, 2.75) is 51.4 Å². The van der Waals surface area contributed by atoms with E-state index in [0.717, 1.165) is 29.7 Å². The van der Waals surface area contributed by atoms with E-state index in [9.17, 15) is 4.79 Å². The summed E-state index contributed by atoms with van der Waals surface area (Å²) in [5.74, 6) is 2.58. The van der Waals surface area contributed by atoms with Crippen LogP contribution in [0.5, 0.6) is 11.5 Å². The van der Waals surface area contributed by atoms with Crippen molar-refractivity contribution in [3.63, 3.8) is 0 Å². The quantitative estimate of drug-likeness (QED) is 0.126. The van der Waals surface area contributed by atoms with Crippen LogP contribution in [0.2, 0.25) is 5.02 Å². The van der Waals surface area contributed by atoms with Gasteiger partial charge in [0.05, 0.1) is 17.9 Å². The topological polar surface area (TPSA) is 90.3 Å². The predicted octanol–water partition coefficient (Wildman–Crippen LogP) is 7.73. The van der Waals surface area contributed by atoms with Crippen LogP contribution in [0, 0.1) is 0 Å². The lowest BCUT2D eigenvalue weighted by Gasteiger charge is -2.29. The SMILES string of the molecule is CCCCSc1nc2n(n1)C(c1ccc(OCc3ccccc3Cl)cc1)C(C(=O)Nc1ccccc1OCC)=C(C)N2. The van der Waals surface area contributed by atoms with Crippen molar-refractivity contribution < 1.29 is 14.3 Å². The number of para-hydroxylation sites is 2. The molecule has 1 atom stereocenters. The van der Waals surface area contributed by atoms with Crippen LogP contribution < -0.4 is 20.1 Å². The van der Waals surface area contributed by atoms with Crippen molar-refractivity contribution in [1.29, 1.82) is 0 Å². The smallest absolute Gasteiger partial charge is 0.255 e. The highest BCUT2D eigenvalue weighted by Gasteiger charge is 2.34. The third-order valence-electron chi connectivity index (χ3n) is 6.79. The Hall–Kier alpha value is -3.95. The number of anilines is 2. The Labute approximate surface area is 255 Å². The lowest BCUT2D eigenvalue weighted by Crippen LogP contribution is -2.31. The number of hydrogen-bond donors (Lipinski definition) is 2. The van der Waals surface area contributed by atoms with Crippen LogP contribution in [-0.2, 0) is 11.4 Å². The maximum absolute atomic E-state index is 13.9. The van der Waals surface area contributed by atoms with Gasteiger partial charge in [0.15, 0.2) is 0 Å². The number of benzene rings is 3. The minimum Gasteiger partial charge on any atom is -0.492 e. The van der Waals surface area contributed by atoms with Gasteiger partial charge >= 0.3 is 0 Å². The number of carbonyl (C=O) groups is 1. The first-order chi connectivity index (χ1) is 20.5. The van der Waals surface area contributed by atoms with Gasteiger partial charge in [0.1, 0.15) is 24.1 Å². The number of thioether (sulfide) groups is 1. The minimum absolute atomic E-state index is 0.252. The van der Waals surface area contributed by atoms with Gasteiger partial charge in [0, 0.05) is 22.0 Å². The summed E-state index contributed by atoms with van der Waals surface area (Å²) in [4.78, 5) is 18.7. The van der Waals surface area contributed by atoms with E-state index >= 15 is 0 Å². The summed E-state index contributed by atoms with van der Waals surface area (Å²) >= 11 is 7.91. The van der Waals surface area contributed by atoms with Gasteiger partial charge in [-0.2, -0.15) is 4.98 Å². The summed E-state index contributed by atoms with van der Waals surface area (Å²) in [5.41, 5.74) is 3.63. The molecule has 0 saturated heterocycles. The fraction of sp³-hybridized carbons (Fsp3) is 0.281. The Kier molecular flexibility index (Phi) is 9.71. The molecule has 2 heterocycles. The molecule has 3 aromatic carbocycles. The molecule has 0 aliphatic carbocycles. The Morgan fingerprint density at radius 2 is 1.81 bits per heavy atom. The molecule has 0 radical (unpaired) electrons. The molecular formula is C32H34ClN5O3S. The lowest BCUT2D eigenvalue weighted by atomic mass is 9.95. The number of nitrogens with zero attached hydrogens (tertiary/aromatic N) is 3. The van der Waals surface area contributed by atoms with E-state index in [2.05, 4.69) is 17.6 Å². The lowest BCUT2D eigenvalue weighted by molar-refractivity contribution is -0.113. The number of halogens is 1. The zero-order chi connectivity index (χ0) is 29.5. The first-order valence-corrected chi connectivity index (χ1v) is 15.4. The van der Waals surface area contributed by atoms with Crippen LogP contribution >= 0.6 is 23.4 Å². The highest BCUT2D eigenvalue weighted by molar-refractivity contribution is 7.99. The first-order valence-electron chi connectivity index (χ1n) is 14.0. The summed E-state index contributed by atoms with van der Waals surface area (Å²) in [7, 11) is 0. The monoisotopic (exact) mass is 603 g/mol. The van der Waals surface area contributed by atoms with Crippen LogP contribution in [0.3, 0.4) is 0 Å². The minimum atomic E-state index is -0.508. The van der Waals surface area contributed by atoms with Crippen LogP contribution in [-0.4, -0.2) is 33.0 Å². The van der Waals surface area contributed by atoms with Gasteiger partial charge in [0.2, 0.25) is 11.1 Å². The van der Waals surface area contributed by atoms with E-state index in [1.165, 1.54) is 0 Å². The highest BCUT2D eigenvalue weighted by Crippen LogP contribution is 2.38. The zero-order valence-electron chi connectivity index (χ0n) is 23.9. The van der Waals surface area contributed by atoms with Crippen LogP contribution in [0.25, 0.3) is 0 Å². The largest absolute Gasteiger partial charge is 0.492 e. The van der Waals surface area contributed by atoms with Crippen molar-refractivity contribution in [3.05, 3.63) is 100 Å². The molecule has 0 fully saturated rings. The van der Waals surface area contributed by atoms with Crippen LogP contribution in [0.1, 0.15) is 50.8 Å². The Bertz CT molecular complexity index is 1570. The summed E-state index contributed by atoms with van der Waals surface area (Å²) in [6.07, 6.45) is 2.17. The van der Waals surface area contributed by atoms with E-state index in [0.29, 0.717) is 57.8 Å². The second-order valence-electron chi connectivity index (χ2n) is 9.76. The van der Waals surface area contributed by atoms with Crippen molar-refractivity contribution in [1.82, 2.24) is 14.8 Å². The van der Waals surface area contributed by atoms with Crippen LogP contribution in [0.4, 0.5) is 11.6 Å². The Morgan fingerprint density at radius 3 is 2.57 bits per heavy atom. The second kappa shape index (κ2) is 13.8.